The molecule has 0 fully saturated rings. The van der Waals surface area contributed by atoms with E-state index in [1.165, 1.54) is 0 Å². The third-order valence-electron chi connectivity index (χ3n) is 2.84. The number of rotatable bonds is 2. The highest BCUT2D eigenvalue weighted by molar-refractivity contribution is 7.21. The smallest absolute Gasteiger partial charge is 0.126 e. The van der Waals surface area contributed by atoms with Crippen molar-refractivity contribution in [3.8, 4) is 16.3 Å². The number of methoxy groups -OCH3 is 1. The molecule has 3 nitrogen and oxygen atoms in total. The fraction of sp³-hybridized carbons (Fsp3) is 0.0714. The lowest BCUT2D eigenvalue weighted by atomic mass is 10.2. The molecule has 0 unspecified atom stereocenters. The molecule has 96 valence electrons. The van der Waals surface area contributed by atoms with Crippen LogP contribution < -0.4 is 10.5 Å². The fourth-order valence-electron chi connectivity index (χ4n) is 1.86. The van der Waals surface area contributed by atoms with Crippen LogP contribution >= 0.6 is 22.9 Å². The number of nitrogens with two attached hydrogens (primary N) is 1. The van der Waals surface area contributed by atoms with Crippen LogP contribution in [0.2, 0.25) is 5.02 Å². The minimum absolute atomic E-state index is 0.686. The van der Waals surface area contributed by atoms with E-state index in [9.17, 15) is 0 Å². The van der Waals surface area contributed by atoms with Crippen molar-refractivity contribution >= 4 is 38.8 Å². The van der Waals surface area contributed by atoms with Gasteiger partial charge >= 0.3 is 0 Å². The number of nitrogens with zero attached hydrogens (tertiary/aromatic N) is 1. The maximum atomic E-state index is 6.01. The summed E-state index contributed by atoms with van der Waals surface area (Å²) in [5.41, 5.74) is 8.51. The van der Waals surface area contributed by atoms with Crippen LogP contribution in [0.15, 0.2) is 36.4 Å². The van der Waals surface area contributed by atoms with Crippen LogP contribution in [0.4, 0.5) is 5.69 Å². The van der Waals surface area contributed by atoms with Crippen LogP contribution in [0.5, 0.6) is 5.75 Å². The minimum atomic E-state index is 0.686. The maximum Gasteiger partial charge on any atom is 0.126 e. The summed E-state index contributed by atoms with van der Waals surface area (Å²) in [7, 11) is 1.63. The van der Waals surface area contributed by atoms with Crippen molar-refractivity contribution in [2.24, 2.45) is 0 Å². The molecule has 19 heavy (non-hydrogen) atoms. The highest BCUT2D eigenvalue weighted by Crippen LogP contribution is 2.36. The third kappa shape index (κ3) is 2.25. The van der Waals surface area contributed by atoms with E-state index < -0.39 is 0 Å². The summed E-state index contributed by atoms with van der Waals surface area (Å²) in [6.45, 7) is 0. The SMILES string of the molecule is COc1ccc(N)c(-c2nc3ccc(Cl)cc3s2)c1. The molecule has 3 aromatic rings. The monoisotopic (exact) mass is 290 g/mol. The summed E-state index contributed by atoms with van der Waals surface area (Å²) in [5, 5.41) is 1.58. The molecular formula is C14H11ClN2OS. The predicted octanol–water partition coefficient (Wildman–Crippen LogP) is 4.21. The quantitative estimate of drug-likeness (QED) is 0.719. The first kappa shape index (κ1) is 12.3. The van der Waals surface area contributed by atoms with E-state index in [0.29, 0.717) is 10.7 Å². The average molecular weight is 291 g/mol. The Morgan fingerprint density at radius 1 is 1.21 bits per heavy atom. The number of hydrogen-bond acceptors (Lipinski definition) is 4. The summed E-state index contributed by atoms with van der Waals surface area (Å²) in [5.74, 6) is 0.765. The second-order valence-electron chi connectivity index (χ2n) is 4.08. The van der Waals surface area contributed by atoms with Gasteiger partial charge in [0.05, 0.1) is 17.3 Å². The molecule has 0 saturated carbocycles. The van der Waals surface area contributed by atoms with Crippen molar-refractivity contribution in [2.75, 3.05) is 12.8 Å². The maximum absolute atomic E-state index is 6.01. The summed E-state index contributed by atoms with van der Waals surface area (Å²) in [6.07, 6.45) is 0. The molecular weight excluding hydrogens is 280 g/mol. The number of hydrogen-bond donors (Lipinski definition) is 1. The number of aromatic nitrogens is 1. The summed E-state index contributed by atoms with van der Waals surface area (Å²) >= 11 is 7.55. The number of fused-ring (bicyclic) bond motifs is 1. The molecule has 3 rings (SSSR count). The van der Waals surface area contributed by atoms with Gasteiger partial charge in [-0.2, -0.15) is 0 Å². The van der Waals surface area contributed by atoms with Crippen LogP contribution in [0.3, 0.4) is 0 Å². The van der Waals surface area contributed by atoms with Gasteiger partial charge in [-0.1, -0.05) is 11.6 Å². The van der Waals surface area contributed by atoms with Gasteiger partial charge in [-0.05, 0) is 36.4 Å². The number of nitrogen functional groups attached to an aromatic ring is 1. The van der Waals surface area contributed by atoms with Crippen LogP contribution in [0, 0.1) is 0 Å². The van der Waals surface area contributed by atoms with Gasteiger partial charge in [0.25, 0.3) is 0 Å². The normalized spacial score (nSPS) is 10.8. The van der Waals surface area contributed by atoms with Gasteiger partial charge in [-0.15, -0.1) is 11.3 Å². The molecule has 5 heteroatoms. The molecule has 0 radical (unpaired) electrons. The zero-order valence-corrected chi connectivity index (χ0v) is 11.8. The Morgan fingerprint density at radius 2 is 2.05 bits per heavy atom. The van der Waals surface area contributed by atoms with Crippen LogP contribution in [0.1, 0.15) is 0 Å². The van der Waals surface area contributed by atoms with Gasteiger partial charge in [0, 0.05) is 16.3 Å². The Morgan fingerprint density at radius 3 is 2.84 bits per heavy atom. The Kier molecular flexibility index (Phi) is 3.05. The van der Waals surface area contributed by atoms with Crippen molar-refractivity contribution in [1.29, 1.82) is 0 Å². The molecule has 0 bridgehead atoms. The molecule has 0 atom stereocenters. The third-order valence-corrected chi connectivity index (χ3v) is 4.13. The predicted molar refractivity (Wildman–Crippen MR) is 81.0 cm³/mol. The second kappa shape index (κ2) is 4.72. The van der Waals surface area contributed by atoms with Gasteiger partial charge in [0.1, 0.15) is 10.8 Å². The molecule has 0 aliphatic heterocycles. The lowest BCUT2D eigenvalue weighted by Gasteiger charge is -2.05. The van der Waals surface area contributed by atoms with Crippen LogP contribution in [0.25, 0.3) is 20.8 Å². The van der Waals surface area contributed by atoms with E-state index in [1.54, 1.807) is 18.4 Å². The zero-order chi connectivity index (χ0) is 13.4. The highest BCUT2D eigenvalue weighted by atomic mass is 35.5. The zero-order valence-electron chi connectivity index (χ0n) is 10.2. The number of anilines is 1. The highest BCUT2D eigenvalue weighted by Gasteiger charge is 2.10. The first-order chi connectivity index (χ1) is 9.17. The molecule has 1 aromatic heterocycles. The number of halogens is 1. The van der Waals surface area contributed by atoms with Crippen molar-refractivity contribution in [3.05, 3.63) is 41.4 Å². The topological polar surface area (TPSA) is 48.1 Å². The van der Waals surface area contributed by atoms with Gasteiger partial charge < -0.3 is 10.5 Å². The molecule has 0 aliphatic rings. The molecule has 1 heterocycles. The Balaban J connectivity index is 2.18. The van der Waals surface area contributed by atoms with E-state index >= 15 is 0 Å². The molecule has 2 N–H and O–H groups in total. The molecule has 2 aromatic carbocycles. The van der Waals surface area contributed by atoms with Crippen molar-refractivity contribution < 1.29 is 4.74 Å². The molecule has 0 spiro atoms. The van der Waals surface area contributed by atoms with Crippen molar-refractivity contribution in [2.45, 2.75) is 0 Å². The Labute approximate surface area is 119 Å². The molecule has 0 aliphatic carbocycles. The number of ether oxygens (including phenoxy) is 1. The van der Waals surface area contributed by atoms with Crippen LogP contribution in [-0.4, -0.2) is 12.1 Å². The standard InChI is InChI=1S/C14H11ClN2OS/c1-18-9-3-4-11(16)10(7-9)14-17-12-5-2-8(15)6-13(12)19-14/h2-7H,16H2,1H3. The number of thiazole rings is 1. The average Bonchev–Trinajstić information content (AvgIpc) is 2.82. The summed E-state index contributed by atoms with van der Waals surface area (Å²) in [4.78, 5) is 4.58. The Hall–Kier alpha value is -1.78. The second-order valence-corrected chi connectivity index (χ2v) is 5.55. The Bertz CT molecular complexity index is 754. The van der Waals surface area contributed by atoms with Crippen molar-refractivity contribution in [3.63, 3.8) is 0 Å². The van der Waals surface area contributed by atoms with Gasteiger partial charge in [0.15, 0.2) is 0 Å². The van der Waals surface area contributed by atoms with E-state index in [1.807, 2.05) is 36.4 Å². The van der Waals surface area contributed by atoms with E-state index in [2.05, 4.69) is 4.98 Å². The summed E-state index contributed by atoms with van der Waals surface area (Å²) < 4.78 is 6.27. The lowest BCUT2D eigenvalue weighted by molar-refractivity contribution is 0.415. The van der Waals surface area contributed by atoms with Gasteiger partial charge in [-0.25, -0.2) is 4.98 Å². The van der Waals surface area contributed by atoms with E-state index in [-0.39, 0.29) is 0 Å². The minimum Gasteiger partial charge on any atom is -0.497 e. The first-order valence-electron chi connectivity index (χ1n) is 5.67. The summed E-state index contributed by atoms with van der Waals surface area (Å²) in [6, 6.07) is 11.2. The number of benzene rings is 2. The first-order valence-corrected chi connectivity index (χ1v) is 6.87. The van der Waals surface area contributed by atoms with E-state index in [4.69, 9.17) is 22.1 Å². The lowest BCUT2D eigenvalue weighted by Crippen LogP contribution is -1.91. The van der Waals surface area contributed by atoms with Gasteiger partial charge in [0.2, 0.25) is 0 Å². The largest absolute Gasteiger partial charge is 0.497 e. The van der Waals surface area contributed by atoms with Gasteiger partial charge in [-0.3, -0.25) is 0 Å². The van der Waals surface area contributed by atoms with Crippen LogP contribution in [-0.2, 0) is 0 Å². The van der Waals surface area contributed by atoms with Crippen molar-refractivity contribution in [1.82, 2.24) is 4.98 Å². The molecule has 0 amide bonds. The molecule has 0 saturated heterocycles. The fourth-order valence-corrected chi connectivity index (χ4v) is 3.14. The van der Waals surface area contributed by atoms with E-state index in [0.717, 1.165) is 26.5 Å².